The summed E-state index contributed by atoms with van der Waals surface area (Å²) in [5.74, 6) is 0. The summed E-state index contributed by atoms with van der Waals surface area (Å²) in [5.41, 5.74) is 0. The van der Waals surface area contributed by atoms with Crippen molar-refractivity contribution >= 4 is 6.29 Å². The first-order valence-electron chi connectivity index (χ1n) is 3.98. The van der Waals surface area contributed by atoms with E-state index in [-0.39, 0.29) is 0 Å². The molecule has 0 unspecified atom stereocenters. The highest BCUT2D eigenvalue weighted by molar-refractivity contribution is 5.49. The number of aldehydes is 1. The Bertz CT molecular complexity index is 110. The molecule has 1 aliphatic rings. The Hall–Kier alpha value is -0.370. The van der Waals surface area contributed by atoms with E-state index in [1.165, 1.54) is 19.3 Å². The Morgan fingerprint density at radius 1 is 1.60 bits per heavy atom. The van der Waals surface area contributed by atoms with E-state index in [0.29, 0.717) is 6.42 Å². The van der Waals surface area contributed by atoms with Crippen LogP contribution in [0.2, 0.25) is 0 Å². The normalized spacial score (nSPS) is 19.0. The van der Waals surface area contributed by atoms with Crippen molar-refractivity contribution in [3.05, 3.63) is 0 Å². The van der Waals surface area contributed by atoms with Gasteiger partial charge >= 0.3 is 0 Å². The van der Waals surface area contributed by atoms with Crippen molar-refractivity contribution in [2.45, 2.75) is 31.7 Å². The molecule has 2 nitrogen and oxygen atoms in total. The van der Waals surface area contributed by atoms with Gasteiger partial charge in [0.2, 0.25) is 0 Å². The van der Waals surface area contributed by atoms with Crippen molar-refractivity contribution in [1.29, 1.82) is 0 Å². The van der Waals surface area contributed by atoms with Gasteiger partial charge in [-0.1, -0.05) is 6.42 Å². The van der Waals surface area contributed by atoms with Crippen LogP contribution in [0.1, 0.15) is 25.7 Å². The lowest BCUT2D eigenvalue weighted by molar-refractivity contribution is -0.108. The quantitative estimate of drug-likeness (QED) is 0.546. The van der Waals surface area contributed by atoms with E-state index in [9.17, 15) is 4.79 Å². The summed E-state index contributed by atoms with van der Waals surface area (Å²) < 4.78 is 0. The van der Waals surface area contributed by atoms with Gasteiger partial charge in [0.1, 0.15) is 6.29 Å². The summed E-state index contributed by atoms with van der Waals surface area (Å²) >= 11 is 0. The Labute approximate surface area is 62.2 Å². The summed E-state index contributed by atoms with van der Waals surface area (Å²) in [7, 11) is 2.10. The van der Waals surface area contributed by atoms with Crippen molar-refractivity contribution in [2.24, 2.45) is 0 Å². The highest BCUT2D eigenvalue weighted by Crippen LogP contribution is 2.23. The van der Waals surface area contributed by atoms with Crippen LogP contribution in [-0.2, 0) is 4.79 Å². The van der Waals surface area contributed by atoms with E-state index in [2.05, 4.69) is 11.9 Å². The van der Waals surface area contributed by atoms with Gasteiger partial charge in [-0.05, 0) is 19.9 Å². The maximum absolute atomic E-state index is 10.0. The van der Waals surface area contributed by atoms with E-state index in [0.717, 1.165) is 18.9 Å². The Morgan fingerprint density at radius 3 is 2.70 bits per heavy atom. The predicted octanol–water partition coefficient (Wildman–Crippen LogP) is 1.06. The average Bonchev–Trinajstić information content (AvgIpc) is 1.79. The van der Waals surface area contributed by atoms with Gasteiger partial charge in [0.25, 0.3) is 0 Å². The summed E-state index contributed by atoms with van der Waals surface area (Å²) in [6, 6.07) is 0.778. The zero-order valence-corrected chi connectivity index (χ0v) is 6.55. The molecule has 0 atom stereocenters. The number of hydrogen-bond acceptors (Lipinski definition) is 2. The van der Waals surface area contributed by atoms with E-state index in [4.69, 9.17) is 0 Å². The Morgan fingerprint density at radius 2 is 2.30 bits per heavy atom. The van der Waals surface area contributed by atoms with Crippen LogP contribution in [0.4, 0.5) is 0 Å². The molecule has 0 N–H and O–H groups in total. The van der Waals surface area contributed by atoms with Gasteiger partial charge in [0.05, 0.1) is 0 Å². The SMILES string of the molecule is CN(CCC=O)C1CCC1. The number of nitrogens with zero attached hydrogens (tertiary/aromatic N) is 1. The van der Waals surface area contributed by atoms with Crippen molar-refractivity contribution in [2.75, 3.05) is 13.6 Å². The van der Waals surface area contributed by atoms with Gasteiger partial charge in [-0.2, -0.15) is 0 Å². The van der Waals surface area contributed by atoms with E-state index in [1.54, 1.807) is 0 Å². The Kier molecular flexibility index (Phi) is 2.87. The van der Waals surface area contributed by atoms with Crippen LogP contribution >= 0.6 is 0 Å². The number of carbonyl (C=O) groups is 1. The molecule has 1 fully saturated rings. The number of rotatable bonds is 4. The molecule has 0 amide bonds. The second-order valence-electron chi connectivity index (χ2n) is 3.02. The third kappa shape index (κ3) is 1.81. The molecule has 0 saturated heterocycles. The number of carbonyl (C=O) groups excluding carboxylic acids is 1. The molecule has 1 rings (SSSR count). The third-order valence-corrected chi connectivity index (χ3v) is 2.30. The van der Waals surface area contributed by atoms with Crippen LogP contribution in [0.3, 0.4) is 0 Å². The van der Waals surface area contributed by atoms with Gasteiger partial charge in [-0.25, -0.2) is 0 Å². The summed E-state index contributed by atoms with van der Waals surface area (Å²) in [6.45, 7) is 0.939. The molecule has 2 heteroatoms. The van der Waals surface area contributed by atoms with Crippen LogP contribution in [0.25, 0.3) is 0 Å². The van der Waals surface area contributed by atoms with Gasteiger partial charge in [-0.15, -0.1) is 0 Å². The highest BCUT2D eigenvalue weighted by atomic mass is 16.1. The van der Waals surface area contributed by atoms with E-state index >= 15 is 0 Å². The maximum Gasteiger partial charge on any atom is 0.121 e. The fourth-order valence-corrected chi connectivity index (χ4v) is 1.27. The van der Waals surface area contributed by atoms with Crippen molar-refractivity contribution in [1.82, 2.24) is 4.90 Å². The van der Waals surface area contributed by atoms with Crippen LogP contribution in [0.5, 0.6) is 0 Å². The first kappa shape index (κ1) is 7.73. The van der Waals surface area contributed by atoms with Crippen LogP contribution in [-0.4, -0.2) is 30.8 Å². The molecule has 0 aromatic heterocycles. The Balaban J connectivity index is 2.07. The maximum atomic E-state index is 10.0. The van der Waals surface area contributed by atoms with Crippen molar-refractivity contribution in [3.63, 3.8) is 0 Å². The fourth-order valence-electron chi connectivity index (χ4n) is 1.27. The van der Waals surface area contributed by atoms with E-state index in [1.807, 2.05) is 0 Å². The molecule has 0 spiro atoms. The van der Waals surface area contributed by atoms with E-state index < -0.39 is 0 Å². The molecule has 58 valence electrons. The molecular formula is C8H15NO. The van der Waals surface area contributed by atoms with Crippen LogP contribution in [0.15, 0.2) is 0 Å². The second-order valence-corrected chi connectivity index (χ2v) is 3.02. The molecule has 10 heavy (non-hydrogen) atoms. The predicted molar refractivity (Wildman–Crippen MR) is 41.0 cm³/mol. The van der Waals surface area contributed by atoms with Gasteiger partial charge < -0.3 is 9.69 Å². The lowest BCUT2D eigenvalue weighted by Crippen LogP contribution is -2.37. The molecule has 0 radical (unpaired) electrons. The second kappa shape index (κ2) is 3.71. The van der Waals surface area contributed by atoms with Crippen molar-refractivity contribution in [3.8, 4) is 0 Å². The molecule has 0 bridgehead atoms. The van der Waals surface area contributed by atoms with Gasteiger partial charge in [0.15, 0.2) is 0 Å². The lowest BCUT2D eigenvalue weighted by Gasteiger charge is -2.34. The first-order valence-corrected chi connectivity index (χ1v) is 3.98. The monoisotopic (exact) mass is 141 g/mol. The average molecular weight is 141 g/mol. The molecule has 0 aliphatic heterocycles. The fraction of sp³-hybridized carbons (Fsp3) is 0.875. The third-order valence-electron chi connectivity index (χ3n) is 2.30. The zero-order valence-electron chi connectivity index (χ0n) is 6.55. The summed E-state index contributed by atoms with van der Waals surface area (Å²) in [6.07, 6.45) is 5.71. The first-order chi connectivity index (χ1) is 4.84. The van der Waals surface area contributed by atoms with Gasteiger partial charge in [0, 0.05) is 19.0 Å². The van der Waals surface area contributed by atoms with Crippen LogP contribution < -0.4 is 0 Å². The smallest absolute Gasteiger partial charge is 0.121 e. The molecule has 0 heterocycles. The van der Waals surface area contributed by atoms with Gasteiger partial charge in [-0.3, -0.25) is 0 Å². The largest absolute Gasteiger partial charge is 0.303 e. The summed E-state index contributed by atoms with van der Waals surface area (Å²) in [5, 5.41) is 0. The minimum Gasteiger partial charge on any atom is -0.303 e. The minimum atomic E-state index is 0.687. The molecular weight excluding hydrogens is 126 g/mol. The molecule has 1 saturated carbocycles. The topological polar surface area (TPSA) is 20.3 Å². The number of hydrogen-bond donors (Lipinski definition) is 0. The van der Waals surface area contributed by atoms with Crippen molar-refractivity contribution < 1.29 is 4.79 Å². The zero-order chi connectivity index (χ0) is 7.40. The molecule has 0 aromatic rings. The molecule has 1 aliphatic carbocycles. The lowest BCUT2D eigenvalue weighted by atomic mass is 9.92. The highest BCUT2D eigenvalue weighted by Gasteiger charge is 2.20. The van der Waals surface area contributed by atoms with Crippen LogP contribution in [0, 0.1) is 0 Å². The molecule has 0 aromatic carbocycles. The minimum absolute atomic E-state index is 0.687. The summed E-state index contributed by atoms with van der Waals surface area (Å²) in [4.78, 5) is 12.3. The standard InChI is InChI=1S/C8H15NO/c1-9(6-3-7-10)8-4-2-5-8/h7-8H,2-6H2,1H3.